The summed E-state index contributed by atoms with van der Waals surface area (Å²) in [5.74, 6) is -0.507. The summed E-state index contributed by atoms with van der Waals surface area (Å²) in [6, 6.07) is 10.1. The molecule has 0 saturated carbocycles. The zero-order valence-electron chi connectivity index (χ0n) is 20.4. The molecule has 0 unspecified atom stereocenters. The van der Waals surface area contributed by atoms with Crippen LogP contribution in [0.1, 0.15) is 24.8 Å². The zero-order valence-corrected chi connectivity index (χ0v) is 21.2. The summed E-state index contributed by atoms with van der Waals surface area (Å²) in [6.45, 7) is 2.97. The Kier molecular flexibility index (Phi) is 8.29. The van der Waals surface area contributed by atoms with Crippen LogP contribution in [0.5, 0.6) is 0 Å². The van der Waals surface area contributed by atoms with E-state index in [0.29, 0.717) is 57.1 Å². The fourth-order valence-corrected chi connectivity index (χ4v) is 4.95. The van der Waals surface area contributed by atoms with E-state index in [1.54, 1.807) is 15.9 Å². The number of piperidine rings is 1. The van der Waals surface area contributed by atoms with Crippen LogP contribution in [0.15, 0.2) is 42.5 Å². The number of nitro benzene ring substituents is 1. The zero-order chi connectivity index (χ0) is 27.4. The number of nitro groups is 1. The number of halogens is 4. The number of alkyl halides is 3. The van der Waals surface area contributed by atoms with Crippen LogP contribution in [-0.2, 0) is 15.8 Å². The van der Waals surface area contributed by atoms with Gasteiger partial charge in [-0.2, -0.15) is 13.2 Å². The van der Waals surface area contributed by atoms with E-state index in [1.165, 1.54) is 6.07 Å². The maximum absolute atomic E-state index is 13.2. The van der Waals surface area contributed by atoms with E-state index in [4.69, 9.17) is 11.6 Å². The quantitative estimate of drug-likeness (QED) is 0.323. The molecule has 2 aromatic rings. The first-order valence-corrected chi connectivity index (χ1v) is 12.6. The van der Waals surface area contributed by atoms with Crippen LogP contribution in [0.4, 0.5) is 30.2 Å². The van der Waals surface area contributed by atoms with E-state index in [1.807, 2.05) is 18.2 Å². The van der Waals surface area contributed by atoms with Crippen LogP contribution in [0.3, 0.4) is 0 Å². The van der Waals surface area contributed by atoms with Crippen molar-refractivity contribution in [2.75, 3.05) is 49.5 Å². The summed E-state index contributed by atoms with van der Waals surface area (Å²) in [4.78, 5) is 40.8. The molecule has 204 valence electrons. The van der Waals surface area contributed by atoms with Crippen molar-refractivity contribution in [1.29, 1.82) is 0 Å². The van der Waals surface area contributed by atoms with Crippen molar-refractivity contribution in [2.24, 2.45) is 0 Å². The van der Waals surface area contributed by atoms with E-state index < -0.39 is 22.4 Å². The lowest BCUT2D eigenvalue weighted by atomic mass is 10.0. The van der Waals surface area contributed by atoms with Crippen LogP contribution in [0.25, 0.3) is 0 Å². The Morgan fingerprint density at radius 3 is 2.18 bits per heavy atom. The molecule has 2 aromatic carbocycles. The molecule has 0 atom stereocenters. The lowest BCUT2D eigenvalue weighted by Crippen LogP contribution is -2.50. The number of likely N-dealkylation sites (tertiary alicyclic amines) is 1. The number of rotatable bonds is 6. The minimum absolute atomic E-state index is 0.125. The number of nitrogens with one attached hydrogen (secondary N) is 1. The second-order valence-electron chi connectivity index (χ2n) is 9.31. The molecule has 0 radical (unpaired) electrons. The van der Waals surface area contributed by atoms with Crippen molar-refractivity contribution >= 4 is 40.5 Å². The fraction of sp³-hybridized carbons (Fsp3) is 0.440. The molecule has 4 rings (SSSR count). The van der Waals surface area contributed by atoms with Gasteiger partial charge in [0.1, 0.15) is 12.0 Å². The molecule has 38 heavy (non-hydrogen) atoms. The predicted octanol–water partition coefficient (Wildman–Crippen LogP) is 4.41. The molecular formula is C25H27ClF3N5O4. The third kappa shape index (κ3) is 6.66. The summed E-state index contributed by atoms with van der Waals surface area (Å²) in [5.41, 5.74) is -1.20. The monoisotopic (exact) mass is 553 g/mol. The number of amides is 2. The van der Waals surface area contributed by atoms with Crippen LogP contribution in [-0.4, -0.2) is 71.8 Å². The SMILES string of the molecule is O=C(CC(=O)N1CCN(c2cccc(Cl)c2)CC1)N1CCC(Nc2ccc([N+](=O)[O-])c(C(F)(F)F)c2)CC1. The highest BCUT2D eigenvalue weighted by atomic mass is 35.5. The van der Waals surface area contributed by atoms with Gasteiger partial charge in [0, 0.05) is 67.8 Å². The van der Waals surface area contributed by atoms with E-state index >= 15 is 0 Å². The maximum atomic E-state index is 13.2. The number of hydrogen-bond donors (Lipinski definition) is 1. The highest BCUT2D eigenvalue weighted by molar-refractivity contribution is 6.30. The summed E-state index contributed by atoms with van der Waals surface area (Å²) >= 11 is 6.06. The van der Waals surface area contributed by atoms with E-state index in [-0.39, 0.29) is 30.0 Å². The lowest BCUT2D eigenvalue weighted by molar-refractivity contribution is -0.388. The molecule has 0 aliphatic carbocycles. The van der Waals surface area contributed by atoms with Crippen molar-refractivity contribution in [3.8, 4) is 0 Å². The molecule has 9 nitrogen and oxygen atoms in total. The van der Waals surface area contributed by atoms with Gasteiger partial charge in [-0.15, -0.1) is 0 Å². The number of anilines is 2. The maximum Gasteiger partial charge on any atom is 0.423 e. The van der Waals surface area contributed by atoms with Gasteiger partial charge in [-0.3, -0.25) is 19.7 Å². The summed E-state index contributed by atoms with van der Waals surface area (Å²) in [5, 5.41) is 14.6. The standard InChI is InChI=1S/C25H27ClF3N5O4/c26-17-2-1-3-20(14-17)31-10-12-33(13-11-31)24(36)16-23(35)32-8-6-18(7-9-32)30-19-4-5-22(34(37)38)21(15-19)25(27,28)29/h1-5,14-15,18,30H,6-13,16H2. The first-order valence-electron chi connectivity index (χ1n) is 12.2. The second-order valence-corrected chi connectivity index (χ2v) is 9.75. The molecule has 0 spiro atoms. The van der Waals surface area contributed by atoms with Crippen molar-refractivity contribution < 1.29 is 27.7 Å². The third-order valence-corrected chi connectivity index (χ3v) is 7.06. The second kappa shape index (κ2) is 11.5. The smallest absolute Gasteiger partial charge is 0.382 e. The normalized spacial score (nSPS) is 16.9. The Labute approximate surface area is 222 Å². The molecule has 13 heteroatoms. The number of hydrogen-bond acceptors (Lipinski definition) is 6. The molecule has 2 heterocycles. The Hall–Kier alpha value is -3.54. The van der Waals surface area contributed by atoms with Gasteiger partial charge in [0.15, 0.2) is 0 Å². The molecule has 2 saturated heterocycles. The van der Waals surface area contributed by atoms with Crippen molar-refractivity contribution in [3.05, 3.63) is 63.2 Å². The molecule has 0 bridgehead atoms. The van der Waals surface area contributed by atoms with Crippen LogP contribution < -0.4 is 10.2 Å². The predicted molar refractivity (Wildman–Crippen MR) is 136 cm³/mol. The molecular weight excluding hydrogens is 527 g/mol. The Morgan fingerprint density at radius 2 is 1.61 bits per heavy atom. The summed E-state index contributed by atoms with van der Waals surface area (Å²) < 4.78 is 39.7. The van der Waals surface area contributed by atoms with Crippen LogP contribution in [0, 0.1) is 10.1 Å². The van der Waals surface area contributed by atoms with Gasteiger partial charge in [-0.1, -0.05) is 17.7 Å². The van der Waals surface area contributed by atoms with Crippen LogP contribution >= 0.6 is 11.6 Å². The Balaban J connectivity index is 1.24. The van der Waals surface area contributed by atoms with Crippen molar-refractivity contribution in [1.82, 2.24) is 9.80 Å². The van der Waals surface area contributed by atoms with Gasteiger partial charge >= 0.3 is 6.18 Å². The molecule has 2 amide bonds. The summed E-state index contributed by atoms with van der Waals surface area (Å²) in [6.07, 6.45) is -4.15. The topological polar surface area (TPSA) is 99.0 Å². The number of benzene rings is 2. The molecule has 0 aromatic heterocycles. The van der Waals surface area contributed by atoms with Gasteiger partial charge in [-0.05, 0) is 43.2 Å². The number of carbonyl (C=O) groups excluding carboxylic acids is 2. The van der Waals surface area contributed by atoms with Crippen molar-refractivity contribution in [3.63, 3.8) is 0 Å². The van der Waals surface area contributed by atoms with Crippen molar-refractivity contribution in [2.45, 2.75) is 31.5 Å². The van der Waals surface area contributed by atoms with Gasteiger partial charge < -0.3 is 20.0 Å². The Morgan fingerprint density at radius 1 is 0.974 bits per heavy atom. The largest absolute Gasteiger partial charge is 0.423 e. The first kappa shape index (κ1) is 27.5. The highest BCUT2D eigenvalue weighted by Crippen LogP contribution is 2.38. The fourth-order valence-electron chi connectivity index (χ4n) is 4.76. The van der Waals surface area contributed by atoms with E-state index in [2.05, 4.69) is 10.2 Å². The number of piperazine rings is 1. The molecule has 2 aliphatic rings. The molecule has 2 aliphatic heterocycles. The first-order chi connectivity index (χ1) is 18.0. The number of carbonyl (C=O) groups is 2. The highest BCUT2D eigenvalue weighted by Gasteiger charge is 2.38. The van der Waals surface area contributed by atoms with Gasteiger partial charge in [0.25, 0.3) is 5.69 Å². The number of nitrogens with zero attached hydrogens (tertiary/aromatic N) is 4. The third-order valence-electron chi connectivity index (χ3n) is 6.83. The minimum Gasteiger partial charge on any atom is -0.382 e. The molecule has 2 fully saturated rings. The van der Waals surface area contributed by atoms with Gasteiger partial charge in [-0.25, -0.2) is 0 Å². The van der Waals surface area contributed by atoms with E-state index in [0.717, 1.165) is 17.8 Å². The average molecular weight is 554 g/mol. The van der Waals surface area contributed by atoms with Crippen LogP contribution in [0.2, 0.25) is 5.02 Å². The average Bonchev–Trinajstić information content (AvgIpc) is 2.88. The lowest BCUT2D eigenvalue weighted by Gasteiger charge is -2.37. The Bertz CT molecular complexity index is 1200. The summed E-state index contributed by atoms with van der Waals surface area (Å²) in [7, 11) is 0. The van der Waals surface area contributed by atoms with E-state index in [9.17, 15) is 32.9 Å². The minimum atomic E-state index is -4.86. The molecule has 1 N–H and O–H groups in total. The van der Waals surface area contributed by atoms with Gasteiger partial charge in [0.2, 0.25) is 11.8 Å². The van der Waals surface area contributed by atoms with Gasteiger partial charge in [0.05, 0.1) is 4.92 Å².